The van der Waals surface area contributed by atoms with Crippen molar-refractivity contribution in [3.63, 3.8) is 0 Å². The molecule has 0 amide bonds. The van der Waals surface area contributed by atoms with Crippen molar-refractivity contribution < 1.29 is 5.11 Å². The third-order valence-electron chi connectivity index (χ3n) is 3.99. The van der Waals surface area contributed by atoms with Crippen molar-refractivity contribution in [2.24, 2.45) is 5.92 Å². The van der Waals surface area contributed by atoms with Gasteiger partial charge in [0.2, 0.25) is 0 Å². The van der Waals surface area contributed by atoms with Crippen LogP contribution in [0.2, 0.25) is 0 Å². The molecule has 18 heavy (non-hydrogen) atoms. The Morgan fingerprint density at radius 3 is 2.39 bits per heavy atom. The molecule has 2 atom stereocenters. The van der Waals surface area contributed by atoms with E-state index in [1.807, 2.05) is 37.3 Å². The molecule has 1 aromatic carbocycles. The third kappa shape index (κ3) is 2.69. The molecule has 2 rings (SSSR count). The fourth-order valence-corrected chi connectivity index (χ4v) is 3.34. The van der Waals surface area contributed by atoms with E-state index in [1.54, 1.807) is 0 Å². The van der Waals surface area contributed by atoms with Gasteiger partial charge < -0.3 is 0 Å². The van der Waals surface area contributed by atoms with Crippen molar-refractivity contribution in [3.8, 4) is 0 Å². The minimum atomic E-state index is -0.829. The molecule has 0 spiro atoms. The van der Waals surface area contributed by atoms with Crippen molar-refractivity contribution in [2.75, 3.05) is 13.1 Å². The monoisotopic (exact) mass is 311 g/mol. The molecule has 0 unspecified atom stereocenters. The molecule has 0 bridgehead atoms. The van der Waals surface area contributed by atoms with Crippen LogP contribution in [0.5, 0.6) is 0 Å². The first kappa shape index (κ1) is 13.8. The Hall–Kier alpha value is -0.631. The van der Waals surface area contributed by atoms with E-state index in [-0.39, 0.29) is 5.92 Å². The number of aliphatic hydroxyl groups is 1. The van der Waals surface area contributed by atoms with Crippen LogP contribution in [0.25, 0.3) is 0 Å². The zero-order valence-corrected chi connectivity index (χ0v) is 12.8. The van der Waals surface area contributed by atoms with Crippen LogP contribution in [0.4, 0.5) is 0 Å². The van der Waals surface area contributed by atoms with Gasteiger partial charge in [0.05, 0.1) is 0 Å². The maximum atomic E-state index is 10.8. The summed E-state index contributed by atoms with van der Waals surface area (Å²) < 4.78 is 1.18. The second-order valence-corrected chi connectivity index (χ2v) is 6.15. The Kier molecular flexibility index (Phi) is 4.26. The Morgan fingerprint density at radius 2 is 1.83 bits per heavy atom. The Balaban J connectivity index is 2.16. The second kappa shape index (κ2) is 5.56. The van der Waals surface area contributed by atoms with E-state index >= 15 is 0 Å². The number of benzene rings is 1. The Morgan fingerprint density at radius 1 is 1.28 bits per heavy atom. The van der Waals surface area contributed by atoms with Gasteiger partial charge >= 0.3 is 117 Å². The van der Waals surface area contributed by atoms with Gasteiger partial charge in [0.25, 0.3) is 0 Å². The maximum absolute atomic E-state index is 10.8. The molecule has 0 aliphatic carbocycles. The summed E-state index contributed by atoms with van der Waals surface area (Å²) in [5.74, 6) is 0.0815. The first-order chi connectivity index (χ1) is 8.53. The SMILES string of the molecule is C[C@@H](C(=[Se])N1CCCC1)[C@@](C)(O)c1ccccc1. The summed E-state index contributed by atoms with van der Waals surface area (Å²) in [6, 6.07) is 9.92. The predicted molar refractivity (Wildman–Crippen MR) is 76.7 cm³/mol. The van der Waals surface area contributed by atoms with Gasteiger partial charge in [0.1, 0.15) is 0 Å². The summed E-state index contributed by atoms with van der Waals surface area (Å²) in [6.45, 7) is 6.21. The minimum absolute atomic E-state index is 0.0815. The molecule has 0 radical (unpaired) electrons. The van der Waals surface area contributed by atoms with Crippen LogP contribution in [0.3, 0.4) is 0 Å². The van der Waals surface area contributed by atoms with Crippen LogP contribution in [0, 0.1) is 5.92 Å². The molecule has 1 aliphatic rings. The van der Waals surface area contributed by atoms with E-state index in [0.717, 1.165) is 18.7 Å². The van der Waals surface area contributed by atoms with Crippen molar-refractivity contribution >= 4 is 20.1 Å². The molecule has 1 aromatic rings. The Labute approximate surface area is 117 Å². The standard InChI is InChI=1S/C15H21NOSe/c1-12(14(18)16-10-6-7-11-16)15(2,17)13-8-4-3-5-9-13/h3-5,8-9,12,17H,6-7,10-11H2,1-2H3/t12-,15+/m0/s1. The van der Waals surface area contributed by atoms with E-state index in [0.29, 0.717) is 0 Å². The molecule has 3 heteroatoms. The van der Waals surface area contributed by atoms with E-state index in [1.165, 1.54) is 17.4 Å². The van der Waals surface area contributed by atoms with Crippen LogP contribution in [-0.4, -0.2) is 43.2 Å². The van der Waals surface area contributed by atoms with Crippen LogP contribution in [0.15, 0.2) is 30.3 Å². The van der Waals surface area contributed by atoms with Gasteiger partial charge in [-0.2, -0.15) is 0 Å². The third-order valence-corrected chi connectivity index (χ3v) is 5.27. The van der Waals surface area contributed by atoms with Gasteiger partial charge in [-0.1, -0.05) is 0 Å². The summed E-state index contributed by atoms with van der Waals surface area (Å²) in [4.78, 5) is 2.36. The van der Waals surface area contributed by atoms with E-state index in [2.05, 4.69) is 27.4 Å². The molecule has 2 nitrogen and oxygen atoms in total. The van der Waals surface area contributed by atoms with Crippen molar-refractivity contribution in [3.05, 3.63) is 35.9 Å². The predicted octanol–water partition coefficient (Wildman–Crippen LogP) is 1.92. The topological polar surface area (TPSA) is 23.5 Å². The zero-order chi connectivity index (χ0) is 13.2. The molecule has 0 aromatic heterocycles. The van der Waals surface area contributed by atoms with Crippen LogP contribution >= 0.6 is 0 Å². The zero-order valence-electron chi connectivity index (χ0n) is 11.1. The van der Waals surface area contributed by atoms with E-state index in [4.69, 9.17) is 0 Å². The molecule has 1 aliphatic heterocycles. The van der Waals surface area contributed by atoms with Gasteiger partial charge in [0, 0.05) is 0 Å². The fourth-order valence-electron chi connectivity index (χ4n) is 2.48. The molecule has 1 saturated heterocycles. The molecular weight excluding hydrogens is 289 g/mol. The first-order valence-corrected chi connectivity index (χ1v) is 7.46. The number of likely N-dealkylation sites (tertiary alicyclic amines) is 1. The second-order valence-electron chi connectivity index (χ2n) is 5.27. The van der Waals surface area contributed by atoms with Gasteiger partial charge in [-0.3, -0.25) is 0 Å². The summed E-state index contributed by atoms with van der Waals surface area (Å²) in [6.07, 6.45) is 2.51. The fraction of sp³-hybridized carbons (Fsp3) is 0.533. The normalized spacial score (nSPS) is 20.5. The summed E-state index contributed by atoms with van der Waals surface area (Å²) >= 11 is 3.18. The van der Waals surface area contributed by atoms with Crippen molar-refractivity contribution in [1.82, 2.24) is 4.90 Å². The van der Waals surface area contributed by atoms with Gasteiger partial charge in [-0.05, 0) is 0 Å². The molecule has 98 valence electrons. The van der Waals surface area contributed by atoms with Crippen molar-refractivity contribution in [1.29, 1.82) is 0 Å². The number of hydrogen-bond acceptors (Lipinski definition) is 2. The van der Waals surface area contributed by atoms with Gasteiger partial charge in [-0.25, -0.2) is 0 Å². The summed E-state index contributed by atoms with van der Waals surface area (Å²) in [5, 5.41) is 10.8. The summed E-state index contributed by atoms with van der Waals surface area (Å²) in [5.41, 5.74) is 0.147. The van der Waals surface area contributed by atoms with Crippen LogP contribution < -0.4 is 0 Å². The van der Waals surface area contributed by atoms with E-state index < -0.39 is 5.60 Å². The number of hydrogen-bond donors (Lipinski definition) is 1. The quantitative estimate of drug-likeness (QED) is 0.859. The number of nitrogens with zero attached hydrogens (tertiary/aromatic N) is 1. The first-order valence-electron chi connectivity index (χ1n) is 6.60. The van der Waals surface area contributed by atoms with Gasteiger partial charge in [0.15, 0.2) is 0 Å². The average Bonchev–Trinajstić information content (AvgIpc) is 2.92. The average molecular weight is 310 g/mol. The van der Waals surface area contributed by atoms with Crippen molar-refractivity contribution in [2.45, 2.75) is 32.3 Å². The molecule has 0 saturated carbocycles. The molecule has 1 fully saturated rings. The van der Waals surface area contributed by atoms with Gasteiger partial charge in [-0.15, -0.1) is 0 Å². The number of rotatable bonds is 4. The van der Waals surface area contributed by atoms with Crippen LogP contribution in [-0.2, 0) is 5.60 Å². The Bertz CT molecular complexity index is 410. The molecule has 1 heterocycles. The van der Waals surface area contributed by atoms with E-state index in [9.17, 15) is 5.11 Å². The summed E-state index contributed by atoms with van der Waals surface area (Å²) in [7, 11) is 0. The molecule has 1 N–H and O–H groups in total. The molecular formula is C15H21NOSe. The van der Waals surface area contributed by atoms with Crippen LogP contribution in [0.1, 0.15) is 32.3 Å².